The van der Waals surface area contributed by atoms with Gasteiger partial charge >= 0.3 is 0 Å². The summed E-state index contributed by atoms with van der Waals surface area (Å²) in [5.41, 5.74) is 1.20. The quantitative estimate of drug-likeness (QED) is 0.808. The minimum Gasteiger partial charge on any atom is -0.353 e. The van der Waals surface area contributed by atoms with E-state index in [1.807, 2.05) is 24.3 Å². The lowest BCUT2D eigenvalue weighted by Gasteiger charge is -2.33. The molecule has 2 rings (SSSR count). The molecule has 23 heavy (non-hydrogen) atoms. The Morgan fingerprint density at radius 2 is 1.96 bits per heavy atom. The first-order valence-corrected chi connectivity index (χ1v) is 9.90. The van der Waals surface area contributed by atoms with Gasteiger partial charge in [-0.25, -0.2) is 0 Å². The maximum absolute atomic E-state index is 12.0. The van der Waals surface area contributed by atoms with Crippen molar-refractivity contribution in [3.05, 3.63) is 34.9 Å². The standard InChI is InChI=1S/C18H27ClN2OS/c1-14(2)11-21-9-7-17(8-10-21)20-18(22)13-23-12-15-3-5-16(19)6-4-15/h3-6,14,17H,7-13H2,1-2H3,(H,20,22). The first kappa shape index (κ1) is 18.6. The molecule has 0 spiro atoms. The second kappa shape index (κ2) is 9.55. The molecule has 0 atom stereocenters. The van der Waals surface area contributed by atoms with Crippen LogP contribution >= 0.6 is 23.4 Å². The lowest BCUT2D eigenvalue weighted by atomic mass is 10.0. The Morgan fingerprint density at radius 3 is 2.57 bits per heavy atom. The normalized spacial score (nSPS) is 16.7. The van der Waals surface area contributed by atoms with Crippen LogP contribution in [0.2, 0.25) is 5.02 Å². The van der Waals surface area contributed by atoms with Gasteiger partial charge in [-0.05, 0) is 36.5 Å². The molecule has 0 unspecified atom stereocenters. The molecule has 0 aliphatic carbocycles. The Hall–Kier alpha value is -0.710. The molecule has 1 amide bonds. The summed E-state index contributed by atoms with van der Waals surface area (Å²) in [4.78, 5) is 14.6. The van der Waals surface area contributed by atoms with Gasteiger partial charge in [0, 0.05) is 36.5 Å². The van der Waals surface area contributed by atoms with Crippen LogP contribution in [-0.2, 0) is 10.5 Å². The zero-order chi connectivity index (χ0) is 16.7. The predicted octanol–water partition coefficient (Wildman–Crippen LogP) is 3.81. The topological polar surface area (TPSA) is 32.3 Å². The van der Waals surface area contributed by atoms with Crippen molar-refractivity contribution in [1.29, 1.82) is 0 Å². The third kappa shape index (κ3) is 7.15. The van der Waals surface area contributed by atoms with Gasteiger partial charge < -0.3 is 10.2 Å². The molecular weight excluding hydrogens is 328 g/mol. The number of carbonyl (C=O) groups excluding carboxylic acids is 1. The zero-order valence-corrected chi connectivity index (χ0v) is 15.6. The summed E-state index contributed by atoms with van der Waals surface area (Å²) in [6, 6.07) is 8.15. The maximum atomic E-state index is 12.0. The van der Waals surface area contributed by atoms with Crippen molar-refractivity contribution < 1.29 is 4.79 Å². The molecular formula is C18H27ClN2OS. The number of rotatable bonds is 7. The molecule has 3 nitrogen and oxygen atoms in total. The number of halogens is 1. The molecule has 1 aliphatic rings. The zero-order valence-electron chi connectivity index (χ0n) is 14.1. The van der Waals surface area contributed by atoms with Crippen LogP contribution in [0.5, 0.6) is 0 Å². The second-order valence-electron chi connectivity index (χ2n) is 6.66. The van der Waals surface area contributed by atoms with Gasteiger partial charge in [0.1, 0.15) is 0 Å². The number of benzene rings is 1. The largest absolute Gasteiger partial charge is 0.353 e. The molecule has 0 radical (unpaired) electrons. The monoisotopic (exact) mass is 354 g/mol. The third-order valence-electron chi connectivity index (χ3n) is 3.99. The van der Waals surface area contributed by atoms with E-state index in [4.69, 9.17) is 11.6 Å². The van der Waals surface area contributed by atoms with Gasteiger partial charge in [0.2, 0.25) is 5.91 Å². The van der Waals surface area contributed by atoms with Gasteiger partial charge in [0.05, 0.1) is 5.75 Å². The lowest BCUT2D eigenvalue weighted by molar-refractivity contribution is -0.119. The highest BCUT2D eigenvalue weighted by Gasteiger charge is 2.20. The Labute approximate surface area is 149 Å². The molecule has 0 saturated carbocycles. The number of hydrogen-bond acceptors (Lipinski definition) is 3. The van der Waals surface area contributed by atoms with E-state index in [1.54, 1.807) is 11.8 Å². The fourth-order valence-electron chi connectivity index (χ4n) is 2.89. The van der Waals surface area contributed by atoms with E-state index >= 15 is 0 Å². The van der Waals surface area contributed by atoms with Crippen molar-refractivity contribution in [2.75, 3.05) is 25.4 Å². The third-order valence-corrected chi connectivity index (χ3v) is 5.25. The van der Waals surface area contributed by atoms with Crippen molar-refractivity contribution in [1.82, 2.24) is 10.2 Å². The summed E-state index contributed by atoms with van der Waals surface area (Å²) >= 11 is 7.52. The molecule has 5 heteroatoms. The minimum absolute atomic E-state index is 0.159. The average molecular weight is 355 g/mol. The predicted molar refractivity (Wildman–Crippen MR) is 100 cm³/mol. The van der Waals surface area contributed by atoms with E-state index in [-0.39, 0.29) is 5.91 Å². The first-order valence-electron chi connectivity index (χ1n) is 8.37. The maximum Gasteiger partial charge on any atom is 0.230 e. The van der Waals surface area contributed by atoms with Crippen molar-refractivity contribution >= 4 is 29.3 Å². The van der Waals surface area contributed by atoms with Crippen LogP contribution in [0.15, 0.2) is 24.3 Å². The van der Waals surface area contributed by atoms with Crippen LogP contribution in [-0.4, -0.2) is 42.2 Å². The van der Waals surface area contributed by atoms with Gasteiger partial charge in [0.15, 0.2) is 0 Å². The molecule has 0 aromatic heterocycles. The molecule has 1 aromatic rings. The molecule has 1 heterocycles. The van der Waals surface area contributed by atoms with Crippen LogP contribution in [0.1, 0.15) is 32.3 Å². The smallest absolute Gasteiger partial charge is 0.230 e. The summed E-state index contributed by atoms with van der Waals surface area (Å²) in [5, 5.41) is 3.93. The highest BCUT2D eigenvalue weighted by atomic mass is 35.5. The lowest BCUT2D eigenvalue weighted by Crippen LogP contribution is -2.45. The summed E-state index contributed by atoms with van der Waals surface area (Å²) < 4.78 is 0. The first-order chi connectivity index (χ1) is 11.0. The van der Waals surface area contributed by atoms with Crippen molar-refractivity contribution in [2.24, 2.45) is 5.92 Å². The molecule has 1 aliphatic heterocycles. The van der Waals surface area contributed by atoms with E-state index in [0.29, 0.717) is 17.7 Å². The molecule has 0 bridgehead atoms. The van der Waals surface area contributed by atoms with Gasteiger partial charge in [0.25, 0.3) is 0 Å². The fourth-order valence-corrected chi connectivity index (χ4v) is 3.81. The van der Waals surface area contributed by atoms with E-state index in [2.05, 4.69) is 24.1 Å². The Bertz CT molecular complexity index is 484. The molecule has 1 saturated heterocycles. The molecule has 1 fully saturated rings. The Morgan fingerprint density at radius 1 is 1.30 bits per heavy atom. The van der Waals surface area contributed by atoms with Crippen LogP contribution in [0.4, 0.5) is 0 Å². The highest BCUT2D eigenvalue weighted by Crippen LogP contribution is 2.16. The number of carbonyl (C=O) groups is 1. The second-order valence-corrected chi connectivity index (χ2v) is 8.08. The molecule has 1 aromatic carbocycles. The van der Waals surface area contributed by atoms with Crippen LogP contribution in [0.3, 0.4) is 0 Å². The number of piperidine rings is 1. The fraction of sp³-hybridized carbons (Fsp3) is 0.611. The summed E-state index contributed by atoms with van der Waals surface area (Å²) in [6.45, 7) is 7.87. The summed E-state index contributed by atoms with van der Waals surface area (Å²) in [6.07, 6.45) is 2.14. The van der Waals surface area contributed by atoms with E-state index < -0.39 is 0 Å². The van der Waals surface area contributed by atoms with Gasteiger partial charge in [-0.1, -0.05) is 37.6 Å². The van der Waals surface area contributed by atoms with Crippen molar-refractivity contribution in [3.63, 3.8) is 0 Å². The number of amides is 1. The summed E-state index contributed by atoms with van der Waals surface area (Å²) in [7, 11) is 0. The number of nitrogens with one attached hydrogen (secondary N) is 1. The average Bonchev–Trinajstić information content (AvgIpc) is 2.51. The van der Waals surface area contributed by atoms with E-state index in [0.717, 1.165) is 43.3 Å². The number of nitrogens with zero attached hydrogens (tertiary/aromatic N) is 1. The van der Waals surface area contributed by atoms with Crippen molar-refractivity contribution in [2.45, 2.75) is 38.5 Å². The van der Waals surface area contributed by atoms with Crippen LogP contribution < -0.4 is 5.32 Å². The Balaban J connectivity index is 1.61. The summed E-state index contributed by atoms with van der Waals surface area (Å²) in [5.74, 6) is 2.24. The van der Waals surface area contributed by atoms with Gasteiger partial charge in [-0.3, -0.25) is 4.79 Å². The minimum atomic E-state index is 0.159. The SMILES string of the molecule is CC(C)CN1CCC(NC(=O)CSCc2ccc(Cl)cc2)CC1. The van der Waals surface area contributed by atoms with Gasteiger partial charge in [-0.2, -0.15) is 0 Å². The highest BCUT2D eigenvalue weighted by molar-refractivity contribution is 7.99. The molecule has 128 valence electrons. The van der Waals surface area contributed by atoms with E-state index in [9.17, 15) is 4.79 Å². The molecule has 1 N–H and O–H groups in total. The Kier molecular flexibility index (Phi) is 7.74. The number of thioether (sulfide) groups is 1. The number of likely N-dealkylation sites (tertiary alicyclic amines) is 1. The van der Waals surface area contributed by atoms with E-state index in [1.165, 1.54) is 5.56 Å². The van der Waals surface area contributed by atoms with Crippen LogP contribution in [0, 0.1) is 5.92 Å². The number of hydrogen-bond donors (Lipinski definition) is 1. The van der Waals surface area contributed by atoms with Crippen molar-refractivity contribution in [3.8, 4) is 0 Å². The van der Waals surface area contributed by atoms with Gasteiger partial charge in [-0.15, -0.1) is 11.8 Å². The van der Waals surface area contributed by atoms with Crippen LogP contribution in [0.25, 0.3) is 0 Å².